The number of rotatable bonds is 11. The lowest BCUT2D eigenvalue weighted by Crippen LogP contribution is -2.59. The van der Waals surface area contributed by atoms with Gasteiger partial charge in [-0.15, -0.1) is 13.2 Å². The number of benzene rings is 3. The molecule has 1 aliphatic heterocycles. The smallest absolute Gasteiger partial charge is 0.406 e. The summed E-state index contributed by atoms with van der Waals surface area (Å²) < 4.78 is 75.2. The lowest BCUT2D eigenvalue weighted by molar-refractivity contribution is -0.274. The van der Waals surface area contributed by atoms with Gasteiger partial charge in [0.05, 0.1) is 18.8 Å². The topological polar surface area (TPSA) is 86.2 Å². The second-order valence-corrected chi connectivity index (χ2v) is 12.8. The van der Waals surface area contributed by atoms with Gasteiger partial charge < -0.3 is 9.64 Å². The van der Waals surface area contributed by atoms with Gasteiger partial charge in [-0.2, -0.15) is 10.2 Å². The zero-order chi connectivity index (χ0) is 35.6. The number of hydrogen-bond acceptors (Lipinski definition) is 7. The molecule has 0 spiro atoms. The number of anilines is 1. The molecule has 10 nitrogen and oxygen atoms in total. The van der Waals surface area contributed by atoms with Gasteiger partial charge in [0.1, 0.15) is 36.4 Å². The van der Waals surface area contributed by atoms with Crippen molar-refractivity contribution in [1.82, 2.24) is 34.0 Å². The molecule has 2 atom stereocenters. The molecule has 1 saturated heterocycles. The van der Waals surface area contributed by atoms with E-state index in [9.17, 15) is 22.4 Å². The highest BCUT2D eigenvalue weighted by molar-refractivity contribution is 5.51. The Morgan fingerprint density at radius 3 is 2.12 bits per heavy atom. The molecule has 2 aromatic heterocycles. The SMILES string of the molecule is CC(C)C(Cn1cncn1)(c1ccc(F)cc1F)C(C)N1CCN(c2ccc(-n3cnn(Cc4ccc(OC(F)(F)F)cc4)c3=O)cc2)CC1. The van der Waals surface area contributed by atoms with E-state index in [2.05, 4.69) is 50.5 Å². The molecular weight excluding hydrogens is 659 g/mol. The van der Waals surface area contributed by atoms with Crippen molar-refractivity contribution in [1.29, 1.82) is 0 Å². The van der Waals surface area contributed by atoms with Crippen molar-refractivity contribution in [2.24, 2.45) is 5.92 Å². The Bertz CT molecular complexity index is 1930. The van der Waals surface area contributed by atoms with Crippen LogP contribution >= 0.6 is 0 Å². The Hall–Kier alpha value is -5.05. The van der Waals surface area contributed by atoms with E-state index in [4.69, 9.17) is 0 Å². The Morgan fingerprint density at radius 2 is 1.52 bits per heavy atom. The van der Waals surface area contributed by atoms with Crippen molar-refractivity contribution in [3.8, 4) is 11.4 Å². The molecule has 0 radical (unpaired) electrons. The maximum atomic E-state index is 15.5. The summed E-state index contributed by atoms with van der Waals surface area (Å²) in [5, 5.41) is 8.50. The maximum Gasteiger partial charge on any atom is 0.573 e. The molecule has 3 heterocycles. The average Bonchev–Trinajstić information content (AvgIpc) is 3.73. The van der Waals surface area contributed by atoms with Crippen molar-refractivity contribution in [2.75, 3.05) is 31.1 Å². The van der Waals surface area contributed by atoms with Crippen LogP contribution in [0, 0.1) is 17.6 Å². The predicted octanol–water partition coefficient (Wildman–Crippen LogP) is 5.66. The van der Waals surface area contributed by atoms with Crippen molar-refractivity contribution >= 4 is 5.69 Å². The van der Waals surface area contributed by atoms with Crippen molar-refractivity contribution in [3.63, 3.8) is 0 Å². The van der Waals surface area contributed by atoms with Crippen LogP contribution in [0.5, 0.6) is 5.75 Å². The number of aromatic nitrogens is 6. The largest absolute Gasteiger partial charge is 0.573 e. The van der Waals surface area contributed by atoms with E-state index < -0.39 is 29.1 Å². The number of nitrogens with zero attached hydrogens (tertiary/aromatic N) is 8. The molecule has 3 aromatic carbocycles. The minimum Gasteiger partial charge on any atom is -0.406 e. The van der Waals surface area contributed by atoms with Gasteiger partial charge in [-0.3, -0.25) is 9.58 Å². The summed E-state index contributed by atoms with van der Waals surface area (Å²) in [7, 11) is 0. The highest BCUT2D eigenvalue weighted by atomic mass is 19.4. The Balaban J connectivity index is 1.13. The van der Waals surface area contributed by atoms with Gasteiger partial charge in [-0.1, -0.05) is 32.0 Å². The molecule has 15 heteroatoms. The molecule has 0 bridgehead atoms. The molecule has 264 valence electrons. The maximum absolute atomic E-state index is 15.5. The van der Waals surface area contributed by atoms with Crippen LogP contribution in [-0.2, 0) is 18.5 Å². The van der Waals surface area contributed by atoms with Crippen LogP contribution in [0.4, 0.5) is 27.6 Å². The molecule has 0 amide bonds. The van der Waals surface area contributed by atoms with E-state index in [-0.39, 0.29) is 24.3 Å². The normalized spacial score (nSPS) is 16.1. The minimum atomic E-state index is -4.78. The highest BCUT2D eigenvalue weighted by Crippen LogP contribution is 2.42. The fourth-order valence-corrected chi connectivity index (χ4v) is 6.98. The van der Waals surface area contributed by atoms with Gasteiger partial charge in [0.15, 0.2) is 0 Å². The highest BCUT2D eigenvalue weighted by Gasteiger charge is 2.46. The minimum absolute atomic E-state index is 0.0292. The quantitative estimate of drug-likeness (QED) is 0.165. The van der Waals surface area contributed by atoms with Crippen LogP contribution in [0.1, 0.15) is 31.9 Å². The van der Waals surface area contributed by atoms with E-state index in [1.165, 1.54) is 52.2 Å². The summed E-state index contributed by atoms with van der Waals surface area (Å²) in [4.78, 5) is 21.8. The third-order valence-corrected chi connectivity index (χ3v) is 9.68. The summed E-state index contributed by atoms with van der Waals surface area (Å²) >= 11 is 0. The van der Waals surface area contributed by atoms with Gasteiger partial charge in [0, 0.05) is 49.4 Å². The van der Waals surface area contributed by atoms with Gasteiger partial charge in [0.25, 0.3) is 0 Å². The Kier molecular flexibility index (Phi) is 9.78. The van der Waals surface area contributed by atoms with Crippen LogP contribution in [0.2, 0.25) is 0 Å². The monoisotopic (exact) mass is 696 g/mol. The first-order chi connectivity index (χ1) is 23.8. The molecule has 1 aliphatic rings. The fourth-order valence-electron chi connectivity index (χ4n) is 6.98. The first-order valence-corrected chi connectivity index (χ1v) is 16.2. The molecule has 1 fully saturated rings. The second kappa shape index (κ2) is 14.1. The van der Waals surface area contributed by atoms with Crippen LogP contribution in [0.15, 0.2) is 90.5 Å². The van der Waals surface area contributed by atoms with Crippen molar-refractivity contribution < 1.29 is 26.7 Å². The van der Waals surface area contributed by atoms with Gasteiger partial charge in [-0.25, -0.2) is 27.8 Å². The first kappa shape index (κ1) is 34.8. The van der Waals surface area contributed by atoms with E-state index in [1.54, 1.807) is 17.1 Å². The van der Waals surface area contributed by atoms with E-state index >= 15 is 4.39 Å². The summed E-state index contributed by atoms with van der Waals surface area (Å²) in [5.41, 5.74) is 1.49. The second-order valence-electron chi connectivity index (χ2n) is 12.8. The molecule has 0 saturated carbocycles. The molecule has 2 unspecified atom stereocenters. The standard InChI is InChI=1S/C35H37F5N8O2/c1-24(2)34(20-46-22-41-21-42-46,31-13-6-27(36)18-32(31)37)25(3)44-14-16-45(17-15-44)28-7-9-29(10-8-28)47-23-43-48(33(47)49)19-26-4-11-30(12-5-26)50-35(38,39)40/h4-13,18,21-25H,14-17,19-20H2,1-3H3. The van der Waals surface area contributed by atoms with Crippen LogP contribution in [0.25, 0.3) is 5.69 Å². The molecule has 5 aromatic rings. The fraction of sp³-hybridized carbons (Fsp3) is 0.371. The molecule has 0 aliphatic carbocycles. The zero-order valence-corrected chi connectivity index (χ0v) is 27.8. The van der Waals surface area contributed by atoms with Crippen molar-refractivity contribution in [2.45, 2.75) is 51.7 Å². The third kappa shape index (κ3) is 7.27. The summed E-state index contributed by atoms with van der Waals surface area (Å²) in [5.74, 6) is -1.58. The Labute approximate surface area is 285 Å². The number of ether oxygens (including phenoxy) is 1. The van der Waals surface area contributed by atoms with Gasteiger partial charge >= 0.3 is 12.1 Å². The summed E-state index contributed by atoms with van der Waals surface area (Å²) in [6.07, 6.45) is -0.312. The van der Waals surface area contributed by atoms with Crippen LogP contribution in [-0.4, -0.2) is 72.6 Å². The molecule has 50 heavy (non-hydrogen) atoms. The first-order valence-electron chi connectivity index (χ1n) is 16.2. The van der Waals surface area contributed by atoms with Gasteiger partial charge in [-0.05, 0) is 66.4 Å². The van der Waals surface area contributed by atoms with E-state index in [0.29, 0.717) is 49.5 Å². The number of alkyl halides is 3. The molecule has 6 rings (SSSR count). The Morgan fingerprint density at radius 1 is 0.840 bits per heavy atom. The number of piperazine rings is 1. The molecular formula is C35H37F5N8O2. The van der Waals surface area contributed by atoms with E-state index in [0.717, 1.165) is 11.8 Å². The zero-order valence-electron chi connectivity index (χ0n) is 27.8. The van der Waals surface area contributed by atoms with Crippen molar-refractivity contribution in [3.05, 3.63) is 119 Å². The lowest BCUT2D eigenvalue weighted by Gasteiger charge is -2.50. The number of halogens is 5. The van der Waals surface area contributed by atoms with Crippen LogP contribution in [0.3, 0.4) is 0 Å². The summed E-state index contributed by atoms with van der Waals surface area (Å²) in [6.45, 7) is 9.46. The summed E-state index contributed by atoms with van der Waals surface area (Å²) in [6, 6.07) is 16.5. The van der Waals surface area contributed by atoms with Crippen LogP contribution < -0.4 is 15.3 Å². The number of hydrogen-bond donors (Lipinski definition) is 0. The lowest BCUT2D eigenvalue weighted by atomic mass is 9.66. The molecule has 0 N–H and O–H groups in total. The average molecular weight is 697 g/mol. The van der Waals surface area contributed by atoms with Gasteiger partial charge in [0.2, 0.25) is 0 Å². The predicted molar refractivity (Wildman–Crippen MR) is 176 cm³/mol. The third-order valence-electron chi connectivity index (χ3n) is 9.68. The van der Waals surface area contributed by atoms with E-state index in [1.807, 2.05) is 24.3 Å².